The van der Waals surface area contributed by atoms with Crippen LogP contribution in [0.3, 0.4) is 0 Å². The van der Waals surface area contributed by atoms with Gasteiger partial charge in [-0.3, -0.25) is 5.10 Å². The molecule has 5 heteroatoms. The lowest BCUT2D eigenvalue weighted by molar-refractivity contribution is 0.0603. The van der Waals surface area contributed by atoms with Gasteiger partial charge >= 0.3 is 5.97 Å². The van der Waals surface area contributed by atoms with Crippen molar-refractivity contribution in [3.8, 4) is 11.8 Å². The second-order valence-electron chi connectivity index (χ2n) is 3.62. The van der Waals surface area contributed by atoms with Crippen LogP contribution in [0.25, 0.3) is 10.9 Å². The predicted octanol–water partition coefficient (Wildman–Crippen LogP) is 2.02. The molecule has 2 rings (SSSR count). The van der Waals surface area contributed by atoms with E-state index in [9.17, 15) is 4.79 Å². The molecule has 18 heavy (non-hydrogen) atoms. The Balaban J connectivity index is 2.51. The molecule has 0 amide bonds. The predicted molar refractivity (Wildman–Crippen MR) is 72.8 cm³/mol. The number of ether oxygens (including phenoxy) is 1. The molecule has 0 bridgehead atoms. The summed E-state index contributed by atoms with van der Waals surface area (Å²) >= 11 is 4.09. The second kappa shape index (κ2) is 5.61. The minimum atomic E-state index is -0.390. The number of hydrogen-bond donors (Lipinski definition) is 2. The summed E-state index contributed by atoms with van der Waals surface area (Å²) in [5, 5.41) is 7.49. The van der Waals surface area contributed by atoms with Gasteiger partial charge in [0.25, 0.3) is 0 Å². The number of thiol groups is 1. The fourth-order valence-corrected chi connectivity index (χ4v) is 1.73. The third-order valence-corrected chi connectivity index (χ3v) is 2.66. The zero-order valence-corrected chi connectivity index (χ0v) is 10.8. The first-order valence-electron chi connectivity index (χ1n) is 5.41. The maximum atomic E-state index is 11.7. The van der Waals surface area contributed by atoms with Gasteiger partial charge in [-0.15, -0.1) is 0 Å². The molecule has 4 nitrogen and oxygen atoms in total. The van der Waals surface area contributed by atoms with Crippen LogP contribution in [0.5, 0.6) is 0 Å². The average Bonchev–Trinajstić information content (AvgIpc) is 2.85. The van der Waals surface area contributed by atoms with E-state index in [1.165, 1.54) is 7.11 Å². The number of esters is 1. The van der Waals surface area contributed by atoms with Crippen LogP contribution in [-0.4, -0.2) is 29.0 Å². The van der Waals surface area contributed by atoms with Gasteiger partial charge in [-0.05, 0) is 12.1 Å². The molecule has 0 spiro atoms. The molecule has 0 saturated carbocycles. The summed E-state index contributed by atoms with van der Waals surface area (Å²) in [6.45, 7) is 0. The summed E-state index contributed by atoms with van der Waals surface area (Å²) in [5.41, 5.74) is 2.00. The van der Waals surface area contributed by atoms with Gasteiger partial charge in [-0.25, -0.2) is 4.79 Å². The number of rotatable bonds is 2. The van der Waals surface area contributed by atoms with Gasteiger partial charge in [0.05, 0.1) is 24.4 Å². The van der Waals surface area contributed by atoms with Gasteiger partial charge < -0.3 is 4.74 Å². The lowest BCUT2D eigenvalue weighted by Crippen LogP contribution is -2.02. The third kappa shape index (κ3) is 2.49. The summed E-state index contributed by atoms with van der Waals surface area (Å²) in [5.74, 6) is 6.29. The highest BCUT2D eigenvalue weighted by molar-refractivity contribution is 7.80. The Morgan fingerprint density at radius 2 is 2.39 bits per heavy atom. The van der Waals surface area contributed by atoms with Crippen molar-refractivity contribution in [3.63, 3.8) is 0 Å². The Kier molecular flexibility index (Phi) is 3.90. The first kappa shape index (κ1) is 12.5. The van der Waals surface area contributed by atoms with Crippen molar-refractivity contribution in [2.24, 2.45) is 0 Å². The van der Waals surface area contributed by atoms with Crippen molar-refractivity contribution in [3.05, 3.63) is 29.5 Å². The average molecular weight is 260 g/mol. The smallest absolute Gasteiger partial charge is 0.338 e. The number of aromatic amines is 1. The van der Waals surface area contributed by atoms with E-state index in [1.54, 1.807) is 12.3 Å². The molecule has 0 saturated heterocycles. The zero-order valence-electron chi connectivity index (χ0n) is 9.86. The van der Waals surface area contributed by atoms with Gasteiger partial charge in [0.15, 0.2) is 0 Å². The quantitative estimate of drug-likeness (QED) is 0.493. The van der Waals surface area contributed by atoms with Crippen LogP contribution in [0.4, 0.5) is 0 Å². The molecular weight excluding hydrogens is 248 g/mol. The molecule has 92 valence electrons. The summed E-state index contributed by atoms with van der Waals surface area (Å²) in [6, 6.07) is 3.58. The molecule has 0 radical (unpaired) electrons. The summed E-state index contributed by atoms with van der Waals surface area (Å²) in [4.78, 5) is 11.7. The molecule has 0 fully saturated rings. The molecular formula is C13H12N2O2S. The second-order valence-corrected chi connectivity index (χ2v) is 4.07. The van der Waals surface area contributed by atoms with E-state index in [0.29, 0.717) is 17.7 Å². The van der Waals surface area contributed by atoms with Crippen LogP contribution < -0.4 is 0 Å². The van der Waals surface area contributed by atoms with Crippen molar-refractivity contribution >= 4 is 29.5 Å². The van der Waals surface area contributed by atoms with E-state index in [0.717, 1.165) is 16.5 Å². The number of carbonyl (C=O) groups excluding carboxylic acids is 1. The molecule has 0 aliphatic heterocycles. The highest BCUT2D eigenvalue weighted by Gasteiger charge is 2.12. The number of carbonyl (C=O) groups is 1. The van der Waals surface area contributed by atoms with E-state index >= 15 is 0 Å². The normalized spacial score (nSPS) is 9.89. The van der Waals surface area contributed by atoms with E-state index in [1.807, 2.05) is 6.07 Å². The van der Waals surface area contributed by atoms with Crippen LogP contribution in [0.1, 0.15) is 22.3 Å². The number of methoxy groups -OCH3 is 1. The molecule has 1 N–H and O–H groups in total. The van der Waals surface area contributed by atoms with Gasteiger partial charge in [0.1, 0.15) is 0 Å². The maximum absolute atomic E-state index is 11.7. The number of benzene rings is 1. The molecule has 2 aromatic rings. The van der Waals surface area contributed by atoms with Crippen LogP contribution in [-0.2, 0) is 4.74 Å². The molecule has 0 atom stereocenters. The zero-order chi connectivity index (χ0) is 13.0. The summed E-state index contributed by atoms with van der Waals surface area (Å²) in [6.07, 6.45) is 2.31. The van der Waals surface area contributed by atoms with E-state index in [2.05, 4.69) is 34.7 Å². The minimum Gasteiger partial charge on any atom is -0.465 e. The van der Waals surface area contributed by atoms with Crippen molar-refractivity contribution in [2.45, 2.75) is 6.42 Å². The minimum absolute atomic E-state index is 0.390. The Morgan fingerprint density at radius 1 is 1.56 bits per heavy atom. The molecule has 0 aliphatic rings. The highest BCUT2D eigenvalue weighted by Crippen LogP contribution is 2.19. The van der Waals surface area contributed by atoms with Crippen molar-refractivity contribution < 1.29 is 9.53 Å². The van der Waals surface area contributed by atoms with E-state index in [-0.39, 0.29) is 5.97 Å². The van der Waals surface area contributed by atoms with Crippen LogP contribution in [0, 0.1) is 11.8 Å². The number of H-pyrrole nitrogens is 1. The summed E-state index contributed by atoms with van der Waals surface area (Å²) < 4.78 is 4.75. The van der Waals surface area contributed by atoms with Crippen LogP contribution in [0.2, 0.25) is 0 Å². The van der Waals surface area contributed by atoms with Crippen LogP contribution in [0.15, 0.2) is 18.3 Å². The Hall–Kier alpha value is -1.93. The number of hydrogen-bond acceptors (Lipinski definition) is 4. The maximum Gasteiger partial charge on any atom is 0.338 e. The Bertz CT molecular complexity index is 637. The fraction of sp³-hybridized carbons (Fsp3) is 0.231. The molecule has 0 unspecified atom stereocenters. The number of nitrogens with one attached hydrogen (secondary N) is 1. The Labute approximate surface area is 110 Å². The van der Waals surface area contributed by atoms with Gasteiger partial charge in [-0.1, -0.05) is 11.8 Å². The topological polar surface area (TPSA) is 55.0 Å². The lowest BCUT2D eigenvalue weighted by atomic mass is 10.1. The molecule has 0 aliphatic carbocycles. The summed E-state index contributed by atoms with van der Waals surface area (Å²) in [7, 11) is 1.35. The van der Waals surface area contributed by atoms with Gasteiger partial charge in [-0.2, -0.15) is 17.7 Å². The van der Waals surface area contributed by atoms with Crippen molar-refractivity contribution in [1.82, 2.24) is 10.2 Å². The van der Waals surface area contributed by atoms with E-state index < -0.39 is 0 Å². The largest absolute Gasteiger partial charge is 0.465 e. The van der Waals surface area contributed by atoms with Crippen LogP contribution >= 0.6 is 12.6 Å². The molecule has 1 aromatic heterocycles. The fourth-order valence-electron chi connectivity index (χ4n) is 1.62. The van der Waals surface area contributed by atoms with E-state index in [4.69, 9.17) is 4.74 Å². The first-order valence-corrected chi connectivity index (χ1v) is 6.04. The van der Waals surface area contributed by atoms with Crippen molar-refractivity contribution in [1.29, 1.82) is 0 Å². The third-order valence-electron chi connectivity index (χ3n) is 2.43. The monoisotopic (exact) mass is 260 g/mol. The van der Waals surface area contributed by atoms with Crippen molar-refractivity contribution in [2.75, 3.05) is 12.9 Å². The Morgan fingerprint density at radius 3 is 3.11 bits per heavy atom. The number of aromatic nitrogens is 2. The van der Waals surface area contributed by atoms with Gasteiger partial charge in [0, 0.05) is 23.1 Å². The standard InChI is InChI=1S/C13H12N2O2S/c1-17-13(16)10-6-9(4-2-3-5-18)7-12-11(10)8-14-15-12/h6-8,18H,3,5H2,1H3,(H,14,15). The SMILES string of the molecule is COC(=O)c1cc(C#CCCS)cc2[nH]ncc12. The molecule has 1 aromatic carbocycles. The highest BCUT2D eigenvalue weighted by atomic mass is 32.1. The molecule has 1 heterocycles. The first-order chi connectivity index (χ1) is 8.76. The lowest BCUT2D eigenvalue weighted by Gasteiger charge is -2.01. The number of nitrogens with zero attached hydrogens (tertiary/aromatic N) is 1. The number of fused-ring (bicyclic) bond motifs is 1. The van der Waals surface area contributed by atoms with Gasteiger partial charge in [0.2, 0.25) is 0 Å².